The maximum atomic E-state index is 11.8. The predicted octanol–water partition coefficient (Wildman–Crippen LogP) is 1.07. The van der Waals surface area contributed by atoms with E-state index >= 15 is 0 Å². The van der Waals surface area contributed by atoms with Gasteiger partial charge in [-0.25, -0.2) is 4.79 Å². The largest absolute Gasteiger partial charge is 0.507 e. The molecule has 1 saturated heterocycles. The number of nitrogens with one attached hydrogen (secondary N) is 1. The molecule has 1 heterocycles. The number of carboxylic acids is 1. The van der Waals surface area contributed by atoms with Gasteiger partial charge in [0.25, 0.3) is 0 Å². The highest BCUT2D eigenvalue weighted by Gasteiger charge is 2.23. The number of carbonyl (C=O) groups is 2. The van der Waals surface area contributed by atoms with Gasteiger partial charge in [0.15, 0.2) is 0 Å². The summed E-state index contributed by atoms with van der Waals surface area (Å²) in [5, 5.41) is 20.8. The number of hydrogen-bond donors (Lipinski definition) is 3. The number of anilines is 1. The fraction of sp³-hybridized carbons (Fsp3) is 0.333. The van der Waals surface area contributed by atoms with E-state index < -0.39 is 5.97 Å². The van der Waals surface area contributed by atoms with Crippen LogP contribution < -0.4 is 5.32 Å². The van der Waals surface area contributed by atoms with E-state index in [1.54, 1.807) is 0 Å². The molecule has 18 heavy (non-hydrogen) atoms. The summed E-state index contributed by atoms with van der Waals surface area (Å²) in [6.07, 6.45) is 0.662. The Bertz CT molecular complexity index is 479. The molecule has 0 aliphatic carbocycles. The van der Waals surface area contributed by atoms with E-state index in [-0.39, 0.29) is 23.1 Å². The summed E-state index contributed by atoms with van der Waals surface area (Å²) in [6.45, 7) is 0.948. The molecule has 0 radical (unpaired) electrons. The van der Waals surface area contributed by atoms with Crippen LogP contribution in [0.1, 0.15) is 16.8 Å². The molecular weight excluding hydrogens is 238 g/mol. The lowest BCUT2D eigenvalue weighted by Gasteiger charge is -2.10. The number of benzene rings is 1. The normalized spacial score (nSPS) is 18.6. The Hall–Kier alpha value is -2.08. The van der Waals surface area contributed by atoms with Crippen molar-refractivity contribution in [2.24, 2.45) is 5.92 Å². The molecule has 0 saturated carbocycles. The lowest BCUT2D eigenvalue weighted by molar-refractivity contribution is -0.119. The van der Waals surface area contributed by atoms with Crippen LogP contribution in [0, 0.1) is 5.92 Å². The Morgan fingerprint density at radius 2 is 2.17 bits per heavy atom. The van der Waals surface area contributed by atoms with Crippen molar-refractivity contribution in [1.82, 2.24) is 0 Å². The molecule has 1 atom stereocenters. The second-order valence-corrected chi connectivity index (χ2v) is 4.09. The summed E-state index contributed by atoms with van der Waals surface area (Å²) < 4.78 is 5.10. The molecule has 96 valence electrons. The second-order valence-electron chi connectivity index (χ2n) is 4.09. The average Bonchev–Trinajstić information content (AvgIpc) is 2.85. The van der Waals surface area contributed by atoms with Crippen molar-refractivity contribution < 1.29 is 24.5 Å². The highest BCUT2D eigenvalue weighted by molar-refractivity contribution is 5.96. The van der Waals surface area contributed by atoms with Gasteiger partial charge in [0.2, 0.25) is 5.91 Å². The van der Waals surface area contributed by atoms with Crippen LogP contribution in [0.4, 0.5) is 5.69 Å². The Labute approximate surface area is 103 Å². The predicted molar refractivity (Wildman–Crippen MR) is 62.6 cm³/mol. The van der Waals surface area contributed by atoms with Gasteiger partial charge in [-0.3, -0.25) is 4.79 Å². The van der Waals surface area contributed by atoms with E-state index in [0.29, 0.717) is 25.3 Å². The summed E-state index contributed by atoms with van der Waals surface area (Å²) in [5.74, 6) is -1.97. The molecule has 1 aliphatic heterocycles. The molecule has 3 N–H and O–H groups in total. The maximum Gasteiger partial charge on any atom is 0.339 e. The van der Waals surface area contributed by atoms with Crippen LogP contribution in [0.15, 0.2) is 18.2 Å². The first-order valence-corrected chi connectivity index (χ1v) is 5.53. The summed E-state index contributed by atoms with van der Waals surface area (Å²) in [4.78, 5) is 22.6. The van der Waals surface area contributed by atoms with Crippen molar-refractivity contribution in [3.63, 3.8) is 0 Å². The van der Waals surface area contributed by atoms with Crippen LogP contribution in [0.5, 0.6) is 5.75 Å². The third kappa shape index (κ3) is 2.60. The van der Waals surface area contributed by atoms with E-state index in [0.717, 1.165) is 0 Å². The number of carbonyl (C=O) groups excluding carboxylic acids is 1. The van der Waals surface area contributed by atoms with Crippen molar-refractivity contribution in [2.45, 2.75) is 6.42 Å². The van der Waals surface area contributed by atoms with Crippen LogP contribution in [-0.4, -0.2) is 35.3 Å². The first-order valence-electron chi connectivity index (χ1n) is 5.53. The van der Waals surface area contributed by atoms with Crippen LogP contribution >= 0.6 is 0 Å². The molecule has 1 aromatic carbocycles. The highest BCUT2D eigenvalue weighted by atomic mass is 16.5. The maximum absolute atomic E-state index is 11.8. The molecule has 0 unspecified atom stereocenters. The van der Waals surface area contributed by atoms with Gasteiger partial charge >= 0.3 is 5.97 Å². The number of aromatic carboxylic acids is 1. The number of hydrogen-bond acceptors (Lipinski definition) is 4. The van der Waals surface area contributed by atoms with Gasteiger partial charge in [0, 0.05) is 12.3 Å². The minimum absolute atomic E-state index is 0.200. The van der Waals surface area contributed by atoms with Crippen LogP contribution in [0.3, 0.4) is 0 Å². The molecule has 0 spiro atoms. The number of phenols is 1. The van der Waals surface area contributed by atoms with Crippen molar-refractivity contribution in [1.29, 1.82) is 0 Å². The highest BCUT2D eigenvalue weighted by Crippen LogP contribution is 2.22. The third-order valence-electron chi connectivity index (χ3n) is 2.79. The summed E-state index contributed by atoms with van der Waals surface area (Å²) in [5.41, 5.74) is 0.109. The van der Waals surface area contributed by atoms with Gasteiger partial charge < -0.3 is 20.3 Å². The van der Waals surface area contributed by atoms with E-state index in [1.807, 2.05) is 0 Å². The summed E-state index contributed by atoms with van der Waals surface area (Å²) >= 11 is 0. The number of aromatic hydroxyl groups is 1. The van der Waals surface area contributed by atoms with Gasteiger partial charge in [-0.2, -0.15) is 0 Å². The fourth-order valence-electron chi connectivity index (χ4n) is 1.77. The SMILES string of the molecule is O=C(O)c1cc(NC(=O)[C@H]2CCOC2)ccc1O. The average molecular weight is 251 g/mol. The lowest BCUT2D eigenvalue weighted by Crippen LogP contribution is -2.22. The Kier molecular flexibility index (Phi) is 3.47. The van der Waals surface area contributed by atoms with Crippen LogP contribution in [0.25, 0.3) is 0 Å². The zero-order valence-electron chi connectivity index (χ0n) is 9.55. The van der Waals surface area contributed by atoms with Crippen LogP contribution in [0.2, 0.25) is 0 Å². The Balaban J connectivity index is 2.11. The van der Waals surface area contributed by atoms with Crippen molar-refractivity contribution in [3.8, 4) is 5.75 Å². The fourth-order valence-corrected chi connectivity index (χ4v) is 1.77. The molecule has 1 aromatic rings. The van der Waals surface area contributed by atoms with Crippen molar-refractivity contribution in [2.75, 3.05) is 18.5 Å². The Morgan fingerprint density at radius 1 is 1.39 bits per heavy atom. The molecule has 0 bridgehead atoms. The topological polar surface area (TPSA) is 95.9 Å². The van der Waals surface area contributed by atoms with E-state index in [1.165, 1.54) is 18.2 Å². The molecule has 0 aromatic heterocycles. The molecule has 1 fully saturated rings. The molecule has 2 rings (SSSR count). The minimum Gasteiger partial charge on any atom is -0.507 e. The second kappa shape index (κ2) is 5.05. The first kappa shape index (κ1) is 12.4. The first-order chi connectivity index (χ1) is 8.58. The zero-order chi connectivity index (χ0) is 13.1. The van der Waals surface area contributed by atoms with Gasteiger partial charge in [-0.1, -0.05) is 0 Å². The summed E-state index contributed by atoms with van der Waals surface area (Å²) in [7, 11) is 0. The molecule has 1 amide bonds. The molecule has 6 nitrogen and oxygen atoms in total. The monoisotopic (exact) mass is 251 g/mol. The molecule has 6 heteroatoms. The molecule has 1 aliphatic rings. The number of rotatable bonds is 3. The van der Waals surface area contributed by atoms with Crippen molar-refractivity contribution in [3.05, 3.63) is 23.8 Å². The quantitative estimate of drug-likeness (QED) is 0.698. The standard InChI is InChI=1S/C12H13NO5/c14-10-2-1-8(5-9(10)12(16)17)13-11(15)7-3-4-18-6-7/h1-2,5,7,14H,3-4,6H2,(H,13,15)(H,16,17)/t7-/m0/s1. The lowest BCUT2D eigenvalue weighted by atomic mass is 10.1. The van der Waals surface area contributed by atoms with Gasteiger partial charge in [-0.15, -0.1) is 0 Å². The minimum atomic E-state index is -1.24. The van der Waals surface area contributed by atoms with Gasteiger partial charge in [-0.05, 0) is 24.6 Å². The van der Waals surface area contributed by atoms with Gasteiger partial charge in [0.1, 0.15) is 11.3 Å². The zero-order valence-corrected chi connectivity index (χ0v) is 9.55. The van der Waals surface area contributed by atoms with E-state index in [2.05, 4.69) is 5.32 Å². The third-order valence-corrected chi connectivity index (χ3v) is 2.79. The number of amides is 1. The summed E-state index contributed by atoms with van der Waals surface area (Å²) in [6, 6.07) is 3.92. The van der Waals surface area contributed by atoms with Crippen LogP contribution in [-0.2, 0) is 9.53 Å². The number of carboxylic acid groups (broad SMARTS) is 1. The smallest absolute Gasteiger partial charge is 0.339 e. The van der Waals surface area contributed by atoms with E-state index in [9.17, 15) is 14.7 Å². The van der Waals surface area contributed by atoms with E-state index in [4.69, 9.17) is 9.84 Å². The van der Waals surface area contributed by atoms with Gasteiger partial charge in [0.05, 0.1) is 12.5 Å². The van der Waals surface area contributed by atoms with Crippen molar-refractivity contribution >= 4 is 17.6 Å². The number of ether oxygens (including phenoxy) is 1. The molecular formula is C12H13NO5. The Morgan fingerprint density at radius 3 is 2.78 bits per heavy atom.